The van der Waals surface area contributed by atoms with Gasteiger partial charge in [-0.15, -0.1) is 0 Å². The molecule has 0 radical (unpaired) electrons. The monoisotopic (exact) mass is 186 g/mol. The molecule has 2 N–H and O–H groups in total. The average molecular weight is 186 g/mol. The van der Waals surface area contributed by atoms with Crippen LogP contribution in [0.15, 0.2) is 36.9 Å². The lowest BCUT2D eigenvalue weighted by atomic mass is 10.2. The van der Waals surface area contributed by atoms with E-state index in [0.717, 1.165) is 11.4 Å². The van der Waals surface area contributed by atoms with Crippen molar-refractivity contribution in [2.45, 2.75) is 6.42 Å². The van der Waals surface area contributed by atoms with Crippen molar-refractivity contribution >= 4 is 5.69 Å². The number of pyridine rings is 1. The summed E-state index contributed by atoms with van der Waals surface area (Å²) in [6.45, 7) is 0. The quantitative estimate of drug-likeness (QED) is 0.761. The average Bonchev–Trinajstić information content (AvgIpc) is 2.19. The Morgan fingerprint density at radius 3 is 2.64 bits per heavy atom. The Labute approximate surface area is 81.9 Å². The fraction of sp³-hybridized carbons (Fsp3) is 0.100. The number of hydrogen-bond donors (Lipinski definition) is 1. The van der Waals surface area contributed by atoms with Gasteiger partial charge < -0.3 is 5.73 Å². The van der Waals surface area contributed by atoms with Crippen molar-refractivity contribution in [2.24, 2.45) is 0 Å². The molecule has 2 aromatic heterocycles. The van der Waals surface area contributed by atoms with E-state index in [0.29, 0.717) is 12.1 Å². The number of rotatable bonds is 2. The molecular formula is C10H10N4. The summed E-state index contributed by atoms with van der Waals surface area (Å²) in [5.74, 6) is 0.778. The zero-order valence-corrected chi connectivity index (χ0v) is 7.59. The molecule has 2 heterocycles. The third-order valence-electron chi connectivity index (χ3n) is 1.80. The third-order valence-corrected chi connectivity index (χ3v) is 1.80. The molecule has 0 aliphatic rings. The minimum Gasteiger partial charge on any atom is -0.397 e. The van der Waals surface area contributed by atoms with Crippen molar-refractivity contribution in [3.05, 3.63) is 48.3 Å². The Kier molecular flexibility index (Phi) is 2.36. The van der Waals surface area contributed by atoms with Crippen LogP contribution in [-0.4, -0.2) is 15.0 Å². The highest BCUT2D eigenvalue weighted by molar-refractivity contribution is 5.37. The minimum absolute atomic E-state index is 0.665. The van der Waals surface area contributed by atoms with Crippen LogP contribution in [0, 0.1) is 0 Å². The van der Waals surface area contributed by atoms with Gasteiger partial charge in [0, 0.05) is 31.2 Å². The fourth-order valence-corrected chi connectivity index (χ4v) is 1.21. The number of anilines is 1. The van der Waals surface area contributed by atoms with E-state index in [2.05, 4.69) is 15.0 Å². The molecular weight excluding hydrogens is 176 g/mol. The van der Waals surface area contributed by atoms with E-state index < -0.39 is 0 Å². The molecule has 0 aliphatic heterocycles. The predicted octanol–water partition coefficient (Wildman–Crippen LogP) is 1.04. The van der Waals surface area contributed by atoms with Crippen LogP contribution < -0.4 is 5.73 Å². The van der Waals surface area contributed by atoms with Gasteiger partial charge >= 0.3 is 0 Å². The Balaban J connectivity index is 2.19. The second kappa shape index (κ2) is 3.83. The van der Waals surface area contributed by atoms with Gasteiger partial charge in [-0.25, -0.2) is 9.97 Å². The molecule has 0 spiro atoms. The molecule has 0 saturated carbocycles. The van der Waals surface area contributed by atoms with Crippen molar-refractivity contribution in [3.63, 3.8) is 0 Å². The summed E-state index contributed by atoms with van der Waals surface area (Å²) < 4.78 is 0. The lowest BCUT2D eigenvalue weighted by Crippen LogP contribution is -1.96. The first-order chi connectivity index (χ1) is 6.84. The van der Waals surface area contributed by atoms with Crippen LogP contribution in [0.2, 0.25) is 0 Å². The second-order valence-corrected chi connectivity index (χ2v) is 2.97. The Morgan fingerprint density at radius 2 is 1.93 bits per heavy atom. The Hall–Kier alpha value is -1.97. The smallest absolute Gasteiger partial charge is 0.132 e. The molecule has 4 nitrogen and oxygen atoms in total. The zero-order valence-electron chi connectivity index (χ0n) is 7.59. The summed E-state index contributed by atoms with van der Waals surface area (Å²) >= 11 is 0. The molecule has 0 amide bonds. The normalized spacial score (nSPS) is 10.0. The lowest BCUT2D eigenvalue weighted by Gasteiger charge is -1.99. The number of hydrogen-bond acceptors (Lipinski definition) is 4. The van der Waals surface area contributed by atoms with Crippen LogP contribution >= 0.6 is 0 Å². The van der Waals surface area contributed by atoms with Crippen LogP contribution in [0.5, 0.6) is 0 Å². The molecule has 0 fully saturated rings. The lowest BCUT2D eigenvalue weighted by molar-refractivity contribution is 0.962. The first-order valence-electron chi connectivity index (χ1n) is 4.30. The third kappa shape index (κ3) is 2.04. The molecule has 4 heteroatoms. The largest absolute Gasteiger partial charge is 0.397 e. The van der Waals surface area contributed by atoms with Crippen molar-refractivity contribution in [2.75, 3.05) is 5.73 Å². The van der Waals surface area contributed by atoms with Crippen molar-refractivity contribution in [1.29, 1.82) is 0 Å². The number of aromatic nitrogens is 3. The summed E-state index contributed by atoms with van der Waals surface area (Å²) in [6, 6.07) is 3.67. The summed E-state index contributed by atoms with van der Waals surface area (Å²) in [6.07, 6.45) is 7.51. The summed E-state index contributed by atoms with van der Waals surface area (Å²) in [4.78, 5) is 12.2. The molecule has 0 unspecified atom stereocenters. The van der Waals surface area contributed by atoms with Crippen LogP contribution in [0.3, 0.4) is 0 Å². The van der Waals surface area contributed by atoms with E-state index in [1.807, 2.05) is 6.07 Å². The minimum atomic E-state index is 0.665. The van der Waals surface area contributed by atoms with Crippen LogP contribution in [0.1, 0.15) is 11.4 Å². The summed E-state index contributed by atoms with van der Waals surface area (Å²) in [5, 5.41) is 0. The SMILES string of the molecule is Nc1cncc(Cc2ncccn2)c1. The molecule has 0 bridgehead atoms. The van der Waals surface area contributed by atoms with Gasteiger partial charge in [-0.2, -0.15) is 0 Å². The maximum atomic E-state index is 5.61. The van der Waals surface area contributed by atoms with E-state index in [1.165, 1.54) is 0 Å². The number of nitrogens with zero attached hydrogens (tertiary/aromatic N) is 3. The van der Waals surface area contributed by atoms with E-state index in [9.17, 15) is 0 Å². The molecule has 0 aromatic carbocycles. The topological polar surface area (TPSA) is 64.7 Å². The van der Waals surface area contributed by atoms with E-state index >= 15 is 0 Å². The highest BCUT2D eigenvalue weighted by Crippen LogP contribution is 2.07. The molecule has 2 aromatic rings. The van der Waals surface area contributed by atoms with Crippen molar-refractivity contribution < 1.29 is 0 Å². The first-order valence-corrected chi connectivity index (χ1v) is 4.30. The molecule has 2 rings (SSSR count). The van der Waals surface area contributed by atoms with Gasteiger partial charge in [0.25, 0.3) is 0 Å². The van der Waals surface area contributed by atoms with Gasteiger partial charge in [-0.1, -0.05) is 0 Å². The first kappa shape index (κ1) is 8.62. The molecule has 70 valence electrons. The van der Waals surface area contributed by atoms with E-state index in [1.54, 1.807) is 30.9 Å². The molecule has 0 aliphatic carbocycles. The second-order valence-electron chi connectivity index (χ2n) is 2.97. The predicted molar refractivity (Wildman–Crippen MR) is 53.5 cm³/mol. The molecule has 0 saturated heterocycles. The van der Waals surface area contributed by atoms with E-state index in [-0.39, 0.29) is 0 Å². The van der Waals surface area contributed by atoms with Gasteiger partial charge in [-0.3, -0.25) is 4.98 Å². The Bertz CT molecular complexity index is 413. The van der Waals surface area contributed by atoms with Crippen LogP contribution in [-0.2, 0) is 6.42 Å². The summed E-state index contributed by atoms with van der Waals surface area (Å²) in [5.41, 5.74) is 7.30. The molecule has 0 atom stereocenters. The highest BCUT2D eigenvalue weighted by atomic mass is 14.8. The van der Waals surface area contributed by atoms with Crippen LogP contribution in [0.25, 0.3) is 0 Å². The maximum absolute atomic E-state index is 5.61. The summed E-state index contributed by atoms with van der Waals surface area (Å²) in [7, 11) is 0. The van der Waals surface area contributed by atoms with Crippen molar-refractivity contribution in [1.82, 2.24) is 15.0 Å². The molecule has 14 heavy (non-hydrogen) atoms. The van der Waals surface area contributed by atoms with Gasteiger partial charge in [0.15, 0.2) is 0 Å². The van der Waals surface area contributed by atoms with Crippen LogP contribution in [0.4, 0.5) is 5.69 Å². The maximum Gasteiger partial charge on any atom is 0.132 e. The van der Waals surface area contributed by atoms with Gasteiger partial charge in [-0.05, 0) is 17.7 Å². The van der Waals surface area contributed by atoms with Gasteiger partial charge in [0.2, 0.25) is 0 Å². The highest BCUT2D eigenvalue weighted by Gasteiger charge is 1.98. The standard InChI is InChI=1S/C10H10N4/c11-9-4-8(6-12-7-9)5-10-13-2-1-3-14-10/h1-4,6-7H,5,11H2. The number of nitrogens with two attached hydrogens (primary N) is 1. The number of nitrogen functional groups attached to an aromatic ring is 1. The zero-order chi connectivity index (χ0) is 9.80. The van der Waals surface area contributed by atoms with Crippen molar-refractivity contribution in [3.8, 4) is 0 Å². The van der Waals surface area contributed by atoms with Gasteiger partial charge in [0.1, 0.15) is 5.82 Å². The Morgan fingerprint density at radius 1 is 1.14 bits per heavy atom. The fourth-order valence-electron chi connectivity index (χ4n) is 1.21. The van der Waals surface area contributed by atoms with E-state index in [4.69, 9.17) is 5.73 Å². The van der Waals surface area contributed by atoms with Gasteiger partial charge in [0.05, 0.1) is 5.69 Å².